The number of carbonyl (C=O) groups is 1. The lowest BCUT2D eigenvalue weighted by molar-refractivity contribution is -0.119. The number of carbonyl (C=O) groups excluding carboxylic acids is 1. The van der Waals surface area contributed by atoms with Gasteiger partial charge in [0.05, 0.1) is 13.2 Å². The summed E-state index contributed by atoms with van der Waals surface area (Å²) in [4.78, 5) is 11.0. The van der Waals surface area contributed by atoms with Gasteiger partial charge in [0, 0.05) is 13.6 Å². The number of amides is 1. The van der Waals surface area contributed by atoms with E-state index in [1.54, 1.807) is 26.1 Å². The van der Waals surface area contributed by atoms with Crippen LogP contribution in [0, 0.1) is 0 Å². The molecule has 0 spiro atoms. The summed E-state index contributed by atoms with van der Waals surface area (Å²) in [7, 11) is 1.55. The third kappa shape index (κ3) is 5.40. The monoisotopic (exact) mass is 288 g/mol. The van der Waals surface area contributed by atoms with E-state index >= 15 is 0 Å². The number of nitrogens with one attached hydrogen (secondary N) is 2. The second kappa shape index (κ2) is 8.31. The number of hydrogen-bond donors (Lipinski definition) is 2. The standard InChI is InChI=1S/C13H18F2N2O3/c1-3-19-11-6-9(7-17-8-12(18)16-2)4-5-10(11)20-13(14)15/h4-6,13,17H,3,7-8H2,1-2H3,(H,16,18). The van der Waals surface area contributed by atoms with Crippen LogP contribution in [0.2, 0.25) is 0 Å². The molecule has 20 heavy (non-hydrogen) atoms. The summed E-state index contributed by atoms with van der Waals surface area (Å²) in [6.07, 6.45) is 0. The Labute approximate surface area is 116 Å². The van der Waals surface area contributed by atoms with Gasteiger partial charge in [0.1, 0.15) is 0 Å². The minimum atomic E-state index is -2.90. The van der Waals surface area contributed by atoms with E-state index in [4.69, 9.17) is 4.74 Å². The van der Waals surface area contributed by atoms with Gasteiger partial charge in [-0.1, -0.05) is 6.07 Å². The first-order valence-electron chi connectivity index (χ1n) is 6.18. The largest absolute Gasteiger partial charge is 0.490 e. The zero-order valence-corrected chi connectivity index (χ0v) is 11.4. The zero-order chi connectivity index (χ0) is 15.0. The topological polar surface area (TPSA) is 59.6 Å². The van der Waals surface area contributed by atoms with Crippen molar-refractivity contribution in [1.29, 1.82) is 0 Å². The SMILES string of the molecule is CCOc1cc(CNCC(=O)NC)ccc1OC(F)F. The number of hydrogen-bond acceptors (Lipinski definition) is 4. The Balaban J connectivity index is 2.68. The molecule has 0 aliphatic heterocycles. The second-order valence-corrected chi connectivity index (χ2v) is 3.87. The second-order valence-electron chi connectivity index (χ2n) is 3.87. The number of likely N-dealkylation sites (N-methyl/N-ethyl adjacent to an activating group) is 1. The molecule has 0 atom stereocenters. The van der Waals surface area contributed by atoms with Crippen molar-refractivity contribution in [2.75, 3.05) is 20.2 Å². The number of benzene rings is 1. The van der Waals surface area contributed by atoms with Gasteiger partial charge in [-0.3, -0.25) is 4.79 Å². The lowest BCUT2D eigenvalue weighted by atomic mass is 10.2. The fourth-order valence-electron chi connectivity index (χ4n) is 1.53. The van der Waals surface area contributed by atoms with E-state index in [2.05, 4.69) is 15.4 Å². The first-order chi connectivity index (χ1) is 9.56. The molecule has 1 rings (SSSR count). The van der Waals surface area contributed by atoms with Gasteiger partial charge in [-0.25, -0.2) is 0 Å². The first-order valence-corrected chi connectivity index (χ1v) is 6.18. The van der Waals surface area contributed by atoms with Crippen LogP contribution in [0.4, 0.5) is 8.78 Å². The van der Waals surface area contributed by atoms with E-state index in [1.807, 2.05) is 0 Å². The van der Waals surface area contributed by atoms with Crippen LogP contribution in [-0.4, -0.2) is 32.7 Å². The highest BCUT2D eigenvalue weighted by Gasteiger charge is 2.11. The third-order valence-corrected chi connectivity index (χ3v) is 2.42. The van der Waals surface area contributed by atoms with E-state index < -0.39 is 6.61 Å². The molecule has 1 amide bonds. The lowest BCUT2D eigenvalue weighted by Gasteiger charge is -2.13. The fourth-order valence-corrected chi connectivity index (χ4v) is 1.53. The van der Waals surface area contributed by atoms with Crippen molar-refractivity contribution in [2.45, 2.75) is 20.1 Å². The van der Waals surface area contributed by atoms with E-state index in [1.165, 1.54) is 6.07 Å². The molecule has 0 unspecified atom stereocenters. The van der Waals surface area contributed by atoms with Crippen molar-refractivity contribution in [3.8, 4) is 11.5 Å². The van der Waals surface area contributed by atoms with Gasteiger partial charge in [0.15, 0.2) is 11.5 Å². The molecule has 0 bridgehead atoms. The van der Waals surface area contributed by atoms with E-state index in [9.17, 15) is 13.6 Å². The van der Waals surface area contributed by atoms with Crippen molar-refractivity contribution >= 4 is 5.91 Å². The molecular weight excluding hydrogens is 270 g/mol. The maximum absolute atomic E-state index is 12.2. The van der Waals surface area contributed by atoms with Gasteiger partial charge in [0.25, 0.3) is 0 Å². The molecule has 0 aliphatic rings. The molecule has 5 nitrogen and oxygen atoms in total. The maximum Gasteiger partial charge on any atom is 0.387 e. The molecule has 112 valence electrons. The van der Waals surface area contributed by atoms with Crippen molar-refractivity contribution in [2.24, 2.45) is 0 Å². The summed E-state index contributed by atoms with van der Waals surface area (Å²) >= 11 is 0. The number of alkyl halides is 2. The van der Waals surface area contributed by atoms with Crippen LogP contribution in [0.3, 0.4) is 0 Å². The third-order valence-electron chi connectivity index (χ3n) is 2.42. The molecule has 0 aliphatic carbocycles. The van der Waals surface area contributed by atoms with E-state index in [-0.39, 0.29) is 24.0 Å². The van der Waals surface area contributed by atoms with Gasteiger partial charge >= 0.3 is 6.61 Å². The van der Waals surface area contributed by atoms with Crippen LogP contribution in [0.25, 0.3) is 0 Å². The van der Waals surface area contributed by atoms with Crippen LogP contribution in [0.5, 0.6) is 11.5 Å². The van der Waals surface area contributed by atoms with Crippen LogP contribution in [-0.2, 0) is 11.3 Å². The quantitative estimate of drug-likeness (QED) is 0.761. The number of rotatable bonds is 8. The van der Waals surface area contributed by atoms with Crippen molar-refractivity contribution in [3.05, 3.63) is 23.8 Å². The van der Waals surface area contributed by atoms with Gasteiger partial charge in [-0.05, 0) is 24.6 Å². The summed E-state index contributed by atoms with van der Waals surface area (Å²) < 4.78 is 34.1. The van der Waals surface area contributed by atoms with Crippen molar-refractivity contribution in [3.63, 3.8) is 0 Å². The molecule has 0 heterocycles. The zero-order valence-electron chi connectivity index (χ0n) is 11.4. The summed E-state index contributed by atoms with van der Waals surface area (Å²) in [6, 6.07) is 4.67. The highest BCUT2D eigenvalue weighted by Crippen LogP contribution is 2.29. The first kappa shape index (κ1) is 16.2. The van der Waals surface area contributed by atoms with Crippen molar-refractivity contribution < 1.29 is 23.0 Å². The maximum atomic E-state index is 12.2. The van der Waals surface area contributed by atoms with Crippen molar-refractivity contribution in [1.82, 2.24) is 10.6 Å². The van der Waals surface area contributed by atoms with Crippen LogP contribution in [0.15, 0.2) is 18.2 Å². The average molecular weight is 288 g/mol. The van der Waals surface area contributed by atoms with Gasteiger partial charge in [-0.15, -0.1) is 0 Å². The average Bonchev–Trinajstić information content (AvgIpc) is 2.41. The summed E-state index contributed by atoms with van der Waals surface area (Å²) in [5.41, 5.74) is 0.805. The predicted octanol–water partition coefficient (Wildman–Crippen LogP) is 1.52. The Hall–Kier alpha value is -1.89. The summed E-state index contributed by atoms with van der Waals surface area (Å²) in [5, 5.41) is 5.41. The molecule has 1 aromatic carbocycles. The minimum absolute atomic E-state index is 0.00287. The summed E-state index contributed by atoms with van der Waals surface area (Å²) in [6.45, 7) is -0.207. The predicted molar refractivity (Wildman–Crippen MR) is 70.0 cm³/mol. The number of halogens is 2. The number of ether oxygens (including phenoxy) is 2. The molecule has 0 saturated heterocycles. The van der Waals surface area contributed by atoms with Crippen LogP contribution >= 0.6 is 0 Å². The summed E-state index contributed by atoms with van der Waals surface area (Å²) in [5.74, 6) is 0.122. The Morgan fingerprint density at radius 2 is 2.10 bits per heavy atom. The molecule has 0 fully saturated rings. The van der Waals surface area contributed by atoms with Gasteiger partial charge < -0.3 is 20.1 Å². The molecule has 0 aromatic heterocycles. The Kier molecular flexibility index (Phi) is 6.72. The molecule has 0 saturated carbocycles. The Morgan fingerprint density at radius 3 is 2.70 bits per heavy atom. The van der Waals surface area contributed by atoms with Gasteiger partial charge in [0.2, 0.25) is 5.91 Å². The van der Waals surface area contributed by atoms with E-state index in [0.29, 0.717) is 13.2 Å². The molecule has 7 heteroatoms. The van der Waals surface area contributed by atoms with Crippen LogP contribution in [0.1, 0.15) is 12.5 Å². The highest BCUT2D eigenvalue weighted by atomic mass is 19.3. The molecule has 1 aromatic rings. The molecular formula is C13H18F2N2O3. The normalized spacial score (nSPS) is 10.4. The Bertz CT molecular complexity index is 442. The smallest absolute Gasteiger partial charge is 0.387 e. The minimum Gasteiger partial charge on any atom is -0.490 e. The van der Waals surface area contributed by atoms with E-state index in [0.717, 1.165) is 5.56 Å². The Morgan fingerprint density at radius 1 is 1.35 bits per heavy atom. The molecule has 0 radical (unpaired) electrons. The fraction of sp³-hybridized carbons (Fsp3) is 0.462. The van der Waals surface area contributed by atoms with Crippen LogP contribution < -0.4 is 20.1 Å². The van der Waals surface area contributed by atoms with Gasteiger partial charge in [-0.2, -0.15) is 8.78 Å². The molecule has 2 N–H and O–H groups in total. The lowest BCUT2D eigenvalue weighted by Crippen LogP contribution is -2.30. The highest BCUT2D eigenvalue weighted by molar-refractivity contribution is 5.77.